The summed E-state index contributed by atoms with van der Waals surface area (Å²) in [4.78, 5) is 11.5. The first-order valence-corrected chi connectivity index (χ1v) is 7.53. The van der Waals surface area contributed by atoms with E-state index in [4.69, 9.17) is 5.73 Å². The maximum atomic E-state index is 11.5. The fraction of sp³-hybridized carbons (Fsp3) is 0.500. The van der Waals surface area contributed by atoms with Gasteiger partial charge in [-0.05, 0) is 43.9 Å². The van der Waals surface area contributed by atoms with Crippen molar-refractivity contribution in [2.75, 3.05) is 5.32 Å². The third-order valence-electron chi connectivity index (χ3n) is 4.08. The number of carbonyl (C=O) groups excluding carboxylic acids is 1. The van der Waals surface area contributed by atoms with Crippen molar-refractivity contribution in [2.24, 2.45) is 5.73 Å². The first-order valence-electron chi connectivity index (χ1n) is 6.74. The molecule has 2 heterocycles. The molecule has 2 fully saturated rings. The number of hydrogen-bond donors (Lipinski definition) is 3. The van der Waals surface area contributed by atoms with E-state index < -0.39 is 0 Å². The van der Waals surface area contributed by atoms with E-state index in [-0.39, 0.29) is 5.91 Å². The fourth-order valence-electron chi connectivity index (χ4n) is 3.25. The lowest BCUT2D eigenvalue weighted by Gasteiger charge is -2.31. The molecule has 4 N–H and O–H groups in total. The van der Waals surface area contributed by atoms with Crippen LogP contribution in [-0.4, -0.2) is 24.0 Å². The molecule has 0 aromatic heterocycles. The molecule has 2 aliphatic heterocycles. The summed E-state index contributed by atoms with van der Waals surface area (Å²) >= 11 is 3.44. The van der Waals surface area contributed by atoms with Crippen molar-refractivity contribution in [3.63, 3.8) is 0 Å². The number of hydrogen-bond acceptors (Lipinski definition) is 3. The van der Waals surface area contributed by atoms with E-state index >= 15 is 0 Å². The number of carbonyl (C=O) groups is 1. The molecule has 19 heavy (non-hydrogen) atoms. The quantitative estimate of drug-likeness (QED) is 0.799. The molecular formula is C14H18BrN3O. The van der Waals surface area contributed by atoms with Crippen LogP contribution in [0.3, 0.4) is 0 Å². The van der Waals surface area contributed by atoms with Gasteiger partial charge in [-0.2, -0.15) is 0 Å². The number of primary amides is 1. The van der Waals surface area contributed by atoms with Crippen molar-refractivity contribution in [3.8, 4) is 0 Å². The van der Waals surface area contributed by atoms with Crippen LogP contribution >= 0.6 is 15.9 Å². The zero-order valence-corrected chi connectivity index (χ0v) is 12.2. The van der Waals surface area contributed by atoms with Crippen molar-refractivity contribution in [1.29, 1.82) is 0 Å². The third-order valence-corrected chi connectivity index (χ3v) is 4.57. The van der Waals surface area contributed by atoms with Crippen LogP contribution in [0.25, 0.3) is 0 Å². The summed E-state index contributed by atoms with van der Waals surface area (Å²) in [6, 6.07) is 7.22. The number of anilines is 1. The highest BCUT2D eigenvalue weighted by molar-refractivity contribution is 9.10. The predicted octanol–water partition coefficient (Wildman–Crippen LogP) is 2.24. The number of benzene rings is 1. The minimum Gasteiger partial charge on any atom is -0.382 e. The average molecular weight is 324 g/mol. The first-order chi connectivity index (χ1) is 9.11. The Morgan fingerprint density at radius 3 is 2.63 bits per heavy atom. The molecule has 0 spiro atoms. The molecule has 3 rings (SSSR count). The number of nitrogens with two attached hydrogens (primary N) is 1. The molecule has 2 bridgehead atoms. The van der Waals surface area contributed by atoms with Gasteiger partial charge < -0.3 is 16.4 Å². The topological polar surface area (TPSA) is 67.2 Å². The minimum absolute atomic E-state index is 0.382. The molecule has 2 unspecified atom stereocenters. The third kappa shape index (κ3) is 2.77. The summed E-state index contributed by atoms with van der Waals surface area (Å²) in [6.45, 7) is 0. The van der Waals surface area contributed by atoms with Gasteiger partial charge in [0.15, 0.2) is 0 Å². The lowest BCUT2D eigenvalue weighted by atomic mass is 9.99. The second-order valence-corrected chi connectivity index (χ2v) is 6.42. The van der Waals surface area contributed by atoms with E-state index in [1.807, 2.05) is 12.1 Å². The number of amides is 1. The SMILES string of the molecule is NC(=O)c1ccc(Br)cc1NC1CC2CCC(C1)N2. The van der Waals surface area contributed by atoms with E-state index in [0.717, 1.165) is 23.0 Å². The van der Waals surface area contributed by atoms with E-state index in [1.165, 1.54) is 12.8 Å². The molecule has 102 valence electrons. The molecule has 1 aromatic rings. The van der Waals surface area contributed by atoms with Gasteiger partial charge in [0.25, 0.3) is 5.91 Å². The fourth-order valence-corrected chi connectivity index (χ4v) is 3.61. The number of piperidine rings is 1. The highest BCUT2D eigenvalue weighted by atomic mass is 79.9. The maximum absolute atomic E-state index is 11.5. The molecule has 0 saturated carbocycles. The Bertz CT molecular complexity index is 493. The second kappa shape index (κ2) is 5.13. The lowest BCUT2D eigenvalue weighted by molar-refractivity contribution is 0.100. The molecular weight excluding hydrogens is 306 g/mol. The summed E-state index contributed by atoms with van der Waals surface area (Å²) in [7, 11) is 0. The van der Waals surface area contributed by atoms with Crippen molar-refractivity contribution in [3.05, 3.63) is 28.2 Å². The summed E-state index contributed by atoms with van der Waals surface area (Å²) < 4.78 is 0.955. The summed E-state index contributed by atoms with van der Waals surface area (Å²) in [5.41, 5.74) is 6.83. The van der Waals surface area contributed by atoms with Crippen LogP contribution in [-0.2, 0) is 0 Å². The van der Waals surface area contributed by atoms with Gasteiger partial charge >= 0.3 is 0 Å². The first kappa shape index (κ1) is 12.9. The Morgan fingerprint density at radius 1 is 1.32 bits per heavy atom. The van der Waals surface area contributed by atoms with Crippen molar-refractivity contribution in [1.82, 2.24) is 5.32 Å². The molecule has 4 nitrogen and oxygen atoms in total. The van der Waals surface area contributed by atoms with Gasteiger partial charge in [-0.1, -0.05) is 15.9 Å². The Balaban J connectivity index is 1.79. The summed E-state index contributed by atoms with van der Waals surface area (Å²) in [5.74, 6) is -0.382. The molecule has 5 heteroatoms. The van der Waals surface area contributed by atoms with Gasteiger partial charge in [-0.3, -0.25) is 4.79 Å². The standard InChI is InChI=1S/C14H18BrN3O/c15-8-1-4-12(14(16)19)13(5-8)18-11-6-9-2-3-10(7-11)17-9/h1,4-5,9-11,17-18H,2-3,6-7H2,(H2,16,19). The van der Waals surface area contributed by atoms with Gasteiger partial charge in [0, 0.05) is 28.3 Å². The molecule has 2 atom stereocenters. The van der Waals surface area contributed by atoms with E-state index in [2.05, 4.69) is 26.6 Å². The van der Waals surface area contributed by atoms with Crippen molar-refractivity contribution < 1.29 is 4.79 Å². The van der Waals surface area contributed by atoms with Gasteiger partial charge in [0.2, 0.25) is 0 Å². The zero-order valence-electron chi connectivity index (χ0n) is 10.7. The molecule has 2 saturated heterocycles. The van der Waals surface area contributed by atoms with Crippen molar-refractivity contribution >= 4 is 27.5 Å². The van der Waals surface area contributed by atoms with Crippen LogP contribution in [0.15, 0.2) is 22.7 Å². The highest BCUT2D eigenvalue weighted by Gasteiger charge is 2.33. The van der Waals surface area contributed by atoms with Gasteiger partial charge in [0.05, 0.1) is 5.56 Å². The van der Waals surface area contributed by atoms with Crippen LogP contribution < -0.4 is 16.4 Å². The van der Waals surface area contributed by atoms with Crippen LogP contribution in [0, 0.1) is 0 Å². The minimum atomic E-state index is -0.382. The molecule has 1 aromatic carbocycles. The Labute approximate surface area is 121 Å². The average Bonchev–Trinajstić information content (AvgIpc) is 2.68. The number of fused-ring (bicyclic) bond motifs is 2. The largest absolute Gasteiger partial charge is 0.382 e. The number of nitrogens with one attached hydrogen (secondary N) is 2. The highest BCUT2D eigenvalue weighted by Crippen LogP contribution is 2.30. The lowest BCUT2D eigenvalue weighted by Crippen LogP contribution is -2.43. The van der Waals surface area contributed by atoms with Gasteiger partial charge in [-0.25, -0.2) is 0 Å². The molecule has 0 radical (unpaired) electrons. The maximum Gasteiger partial charge on any atom is 0.250 e. The van der Waals surface area contributed by atoms with E-state index in [0.29, 0.717) is 23.7 Å². The van der Waals surface area contributed by atoms with Crippen LogP contribution in [0.2, 0.25) is 0 Å². The normalized spacial score (nSPS) is 29.2. The van der Waals surface area contributed by atoms with Crippen LogP contribution in [0.1, 0.15) is 36.0 Å². The number of halogens is 1. The zero-order chi connectivity index (χ0) is 13.4. The van der Waals surface area contributed by atoms with Gasteiger partial charge in [-0.15, -0.1) is 0 Å². The Morgan fingerprint density at radius 2 is 2.00 bits per heavy atom. The molecule has 0 aliphatic carbocycles. The molecule has 2 aliphatic rings. The Hall–Kier alpha value is -1.07. The van der Waals surface area contributed by atoms with Crippen molar-refractivity contribution in [2.45, 2.75) is 43.8 Å². The van der Waals surface area contributed by atoms with Gasteiger partial charge in [0.1, 0.15) is 0 Å². The van der Waals surface area contributed by atoms with E-state index in [1.54, 1.807) is 6.07 Å². The summed E-state index contributed by atoms with van der Waals surface area (Å²) in [6.07, 6.45) is 4.76. The van der Waals surface area contributed by atoms with E-state index in [9.17, 15) is 4.79 Å². The smallest absolute Gasteiger partial charge is 0.250 e. The molecule has 1 amide bonds. The Kier molecular flexibility index (Phi) is 3.50. The second-order valence-electron chi connectivity index (χ2n) is 5.50. The summed E-state index contributed by atoms with van der Waals surface area (Å²) in [5, 5.41) is 7.12. The van der Waals surface area contributed by atoms with Crippen LogP contribution in [0.4, 0.5) is 5.69 Å². The monoisotopic (exact) mass is 323 g/mol. The number of rotatable bonds is 3. The van der Waals surface area contributed by atoms with Crippen LogP contribution in [0.5, 0.6) is 0 Å². The predicted molar refractivity (Wildman–Crippen MR) is 79.3 cm³/mol.